The van der Waals surface area contributed by atoms with Gasteiger partial charge in [-0.2, -0.15) is 0 Å². The minimum atomic E-state index is -1.13. The SMILES string of the molecule is COc1cc(-c2onc(N3CCN(C(C)C)CC3)c2C(=O)O)ccc1F. The topological polar surface area (TPSA) is 79.0 Å². The van der Waals surface area contributed by atoms with Crippen molar-refractivity contribution < 1.29 is 23.6 Å². The van der Waals surface area contributed by atoms with Crippen molar-refractivity contribution in [3.63, 3.8) is 0 Å². The average molecular weight is 363 g/mol. The predicted molar refractivity (Wildman–Crippen MR) is 94.3 cm³/mol. The van der Waals surface area contributed by atoms with Crippen molar-refractivity contribution in [2.45, 2.75) is 19.9 Å². The van der Waals surface area contributed by atoms with Gasteiger partial charge in [0.15, 0.2) is 28.7 Å². The van der Waals surface area contributed by atoms with Crippen molar-refractivity contribution in [2.75, 3.05) is 38.2 Å². The van der Waals surface area contributed by atoms with Gasteiger partial charge in [0.1, 0.15) is 0 Å². The first-order valence-corrected chi connectivity index (χ1v) is 8.48. The molecule has 0 aliphatic carbocycles. The van der Waals surface area contributed by atoms with Crippen LogP contribution < -0.4 is 9.64 Å². The summed E-state index contributed by atoms with van der Waals surface area (Å²) >= 11 is 0. The molecule has 1 aliphatic rings. The minimum Gasteiger partial charge on any atom is -0.494 e. The van der Waals surface area contributed by atoms with Gasteiger partial charge in [-0.05, 0) is 32.0 Å². The number of ether oxygens (including phenoxy) is 1. The van der Waals surface area contributed by atoms with E-state index in [1.807, 2.05) is 4.90 Å². The number of carboxylic acid groups (broad SMARTS) is 1. The Kier molecular flexibility index (Phi) is 5.13. The number of halogens is 1. The van der Waals surface area contributed by atoms with E-state index < -0.39 is 11.8 Å². The number of carboxylic acids is 1. The van der Waals surface area contributed by atoms with Gasteiger partial charge in [-0.15, -0.1) is 0 Å². The third kappa shape index (κ3) is 3.37. The number of hydrogen-bond donors (Lipinski definition) is 1. The van der Waals surface area contributed by atoms with Crippen LogP contribution in [0.1, 0.15) is 24.2 Å². The van der Waals surface area contributed by atoms with Crippen molar-refractivity contribution in [1.82, 2.24) is 10.1 Å². The van der Waals surface area contributed by atoms with E-state index in [4.69, 9.17) is 9.26 Å². The van der Waals surface area contributed by atoms with Crippen molar-refractivity contribution in [3.8, 4) is 17.1 Å². The highest BCUT2D eigenvalue weighted by atomic mass is 19.1. The summed E-state index contributed by atoms with van der Waals surface area (Å²) in [6, 6.07) is 4.51. The van der Waals surface area contributed by atoms with E-state index in [2.05, 4.69) is 23.9 Å². The van der Waals surface area contributed by atoms with Crippen LogP contribution in [0.2, 0.25) is 0 Å². The van der Waals surface area contributed by atoms with Crippen molar-refractivity contribution >= 4 is 11.8 Å². The first kappa shape index (κ1) is 18.2. The minimum absolute atomic E-state index is 0.0161. The zero-order valence-electron chi connectivity index (χ0n) is 15.0. The fraction of sp³-hybridized carbons (Fsp3) is 0.444. The molecule has 1 saturated heterocycles. The van der Waals surface area contributed by atoms with Gasteiger partial charge in [-0.3, -0.25) is 4.90 Å². The van der Waals surface area contributed by atoms with Crippen molar-refractivity contribution in [2.24, 2.45) is 0 Å². The van der Waals surface area contributed by atoms with E-state index in [9.17, 15) is 14.3 Å². The van der Waals surface area contributed by atoms with E-state index in [-0.39, 0.29) is 17.1 Å². The molecular formula is C18H22FN3O4. The van der Waals surface area contributed by atoms with Crippen LogP contribution in [0, 0.1) is 5.82 Å². The van der Waals surface area contributed by atoms with Crippen LogP contribution in [0.25, 0.3) is 11.3 Å². The van der Waals surface area contributed by atoms with Gasteiger partial charge in [0.05, 0.1) is 7.11 Å². The molecule has 0 amide bonds. The Hall–Kier alpha value is -2.61. The Morgan fingerprint density at radius 3 is 2.58 bits per heavy atom. The van der Waals surface area contributed by atoms with Gasteiger partial charge < -0.3 is 19.3 Å². The second kappa shape index (κ2) is 7.33. The number of carbonyl (C=O) groups is 1. The third-order valence-electron chi connectivity index (χ3n) is 4.65. The van der Waals surface area contributed by atoms with E-state index in [0.29, 0.717) is 30.5 Å². The van der Waals surface area contributed by atoms with Crippen LogP contribution in [-0.4, -0.2) is 60.5 Å². The monoisotopic (exact) mass is 363 g/mol. The molecule has 0 spiro atoms. The lowest BCUT2D eigenvalue weighted by atomic mass is 10.1. The van der Waals surface area contributed by atoms with E-state index in [1.165, 1.54) is 25.3 Å². The quantitative estimate of drug-likeness (QED) is 0.875. The predicted octanol–water partition coefficient (Wildman–Crippen LogP) is 2.72. The van der Waals surface area contributed by atoms with Gasteiger partial charge in [0.25, 0.3) is 0 Å². The molecule has 1 aromatic heterocycles. The second-order valence-electron chi connectivity index (χ2n) is 6.48. The lowest BCUT2D eigenvalue weighted by Crippen LogP contribution is -2.49. The third-order valence-corrected chi connectivity index (χ3v) is 4.65. The first-order chi connectivity index (χ1) is 12.4. The van der Waals surface area contributed by atoms with Gasteiger partial charge in [0, 0.05) is 37.8 Å². The summed E-state index contributed by atoms with van der Waals surface area (Å²) in [6.45, 7) is 7.24. The van der Waals surface area contributed by atoms with Gasteiger partial charge in [-0.1, -0.05) is 5.16 Å². The van der Waals surface area contributed by atoms with E-state index in [0.717, 1.165) is 13.1 Å². The number of hydrogen-bond acceptors (Lipinski definition) is 6. The molecular weight excluding hydrogens is 341 g/mol. The van der Waals surface area contributed by atoms with E-state index >= 15 is 0 Å². The number of nitrogens with zero attached hydrogens (tertiary/aromatic N) is 3. The first-order valence-electron chi connectivity index (χ1n) is 8.48. The molecule has 0 atom stereocenters. The van der Waals surface area contributed by atoms with Crippen molar-refractivity contribution in [1.29, 1.82) is 0 Å². The summed E-state index contributed by atoms with van der Waals surface area (Å²) < 4.78 is 24.0. The summed E-state index contributed by atoms with van der Waals surface area (Å²) in [5, 5.41) is 13.7. The average Bonchev–Trinajstić information content (AvgIpc) is 3.07. The summed E-state index contributed by atoms with van der Waals surface area (Å²) in [5.41, 5.74) is 0.386. The number of anilines is 1. The van der Waals surface area contributed by atoms with Gasteiger partial charge >= 0.3 is 5.97 Å². The molecule has 1 N–H and O–H groups in total. The summed E-state index contributed by atoms with van der Waals surface area (Å²) in [4.78, 5) is 16.1. The molecule has 1 aromatic carbocycles. The Bertz CT molecular complexity index is 798. The molecule has 0 unspecified atom stereocenters. The lowest BCUT2D eigenvalue weighted by molar-refractivity contribution is 0.0697. The van der Waals surface area contributed by atoms with Gasteiger partial charge in [-0.25, -0.2) is 9.18 Å². The summed E-state index contributed by atoms with van der Waals surface area (Å²) in [6.07, 6.45) is 0. The maximum absolute atomic E-state index is 13.6. The number of aromatic carboxylic acids is 1. The Morgan fingerprint density at radius 1 is 1.31 bits per heavy atom. The molecule has 2 aromatic rings. The molecule has 26 heavy (non-hydrogen) atoms. The maximum atomic E-state index is 13.6. The Morgan fingerprint density at radius 2 is 2.00 bits per heavy atom. The van der Waals surface area contributed by atoms with Crippen LogP contribution in [-0.2, 0) is 0 Å². The highest BCUT2D eigenvalue weighted by Gasteiger charge is 2.30. The molecule has 0 bridgehead atoms. The van der Waals surface area contributed by atoms with Crippen LogP contribution >= 0.6 is 0 Å². The van der Waals surface area contributed by atoms with Crippen LogP contribution in [0.15, 0.2) is 22.7 Å². The number of aromatic nitrogens is 1. The molecule has 0 radical (unpaired) electrons. The van der Waals surface area contributed by atoms with Crippen LogP contribution in [0.3, 0.4) is 0 Å². The highest BCUT2D eigenvalue weighted by molar-refractivity contribution is 5.99. The number of methoxy groups -OCH3 is 1. The Balaban J connectivity index is 1.94. The fourth-order valence-electron chi connectivity index (χ4n) is 3.14. The molecule has 8 heteroatoms. The zero-order chi connectivity index (χ0) is 18.8. The van der Waals surface area contributed by atoms with Crippen LogP contribution in [0.5, 0.6) is 5.75 Å². The zero-order valence-corrected chi connectivity index (χ0v) is 15.0. The standard InChI is InChI=1S/C18H22FN3O4/c1-11(2)21-6-8-22(9-7-21)17-15(18(23)24)16(26-20-17)12-4-5-13(19)14(10-12)25-3/h4-5,10-11H,6-9H2,1-3H3,(H,23,24). The summed E-state index contributed by atoms with van der Waals surface area (Å²) in [7, 11) is 1.35. The lowest BCUT2D eigenvalue weighted by Gasteiger charge is -2.36. The molecule has 7 nitrogen and oxygen atoms in total. The maximum Gasteiger partial charge on any atom is 0.343 e. The van der Waals surface area contributed by atoms with E-state index in [1.54, 1.807) is 0 Å². The molecule has 140 valence electrons. The molecule has 1 aliphatic heterocycles. The second-order valence-corrected chi connectivity index (χ2v) is 6.48. The van der Waals surface area contributed by atoms with Crippen molar-refractivity contribution in [3.05, 3.63) is 29.6 Å². The molecule has 0 saturated carbocycles. The summed E-state index contributed by atoms with van der Waals surface area (Å²) in [5.74, 6) is -1.25. The van der Waals surface area contributed by atoms with Gasteiger partial charge in [0.2, 0.25) is 0 Å². The molecule has 1 fully saturated rings. The normalized spacial score (nSPS) is 15.5. The highest BCUT2D eigenvalue weighted by Crippen LogP contribution is 2.34. The fourth-order valence-corrected chi connectivity index (χ4v) is 3.14. The molecule has 3 rings (SSSR count). The Labute approximate surface area is 150 Å². The number of benzene rings is 1. The number of rotatable bonds is 5. The smallest absolute Gasteiger partial charge is 0.343 e. The largest absolute Gasteiger partial charge is 0.494 e. The number of piperazine rings is 1. The molecule has 2 heterocycles. The van der Waals surface area contributed by atoms with Crippen LogP contribution in [0.4, 0.5) is 10.2 Å².